The molecule has 2 unspecified atom stereocenters. The van der Waals surface area contributed by atoms with Crippen LogP contribution in [0.2, 0.25) is 0 Å². The maximum atomic E-state index is 12.4. The number of benzene rings is 1. The summed E-state index contributed by atoms with van der Waals surface area (Å²) in [7, 11) is 1.37. The van der Waals surface area contributed by atoms with E-state index < -0.39 is 5.97 Å². The van der Waals surface area contributed by atoms with Gasteiger partial charge in [-0.15, -0.1) is 0 Å². The van der Waals surface area contributed by atoms with Gasteiger partial charge in [-0.25, -0.2) is 19.7 Å². The molecule has 0 saturated carbocycles. The molecule has 9 heteroatoms. The zero-order valence-corrected chi connectivity index (χ0v) is 19.5. The van der Waals surface area contributed by atoms with Crippen LogP contribution in [0.25, 0.3) is 0 Å². The molecule has 3 atom stereocenters. The molecule has 1 aromatic carbocycles. The number of nitrogens with one attached hydrogen (secondary N) is 2. The van der Waals surface area contributed by atoms with E-state index in [9.17, 15) is 4.79 Å². The first-order valence-electron chi connectivity index (χ1n) is 11.8. The van der Waals surface area contributed by atoms with Crippen molar-refractivity contribution in [1.82, 2.24) is 19.9 Å². The summed E-state index contributed by atoms with van der Waals surface area (Å²) >= 11 is 0. The first-order valence-corrected chi connectivity index (χ1v) is 11.8. The number of aromatic nitrogens is 3. The number of anilines is 3. The predicted molar refractivity (Wildman–Crippen MR) is 131 cm³/mol. The van der Waals surface area contributed by atoms with Crippen molar-refractivity contribution >= 4 is 23.3 Å². The summed E-state index contributed by atoms with van der Waals surface area (Å²) in [6, 6.07) is 15.6. The van der Waals surface area contributed by atoms with Crippen molar-refractivity contribution in [3.05, 3.63) is 71.8 Å². The lowest BCUT2D eigenvalue weighted by molar-refractivity contribution is 0.0601. The molecule has 2 aromatic heterocycles. The third-order valence-electron chi connectivity index (χ3n) is 6.78. The molecule has 0 spiro atoms. The van der Waals surface area contributed by atoms with Gasteiger partial charge < -0.3 is 15.4 Å². The Balaban J connectivity index is 1.31. The summed E-state index contributed by atoms with van der Waals surface area (Å²) in [4.78, 5) is 27.6. The number of nitrogens with zero attached hydrogens (tertiary/aromatic N) is 5. The van der Waals surface area contributed by atoms with E-state index in [0.717, 1.165) is 19.4 Å². The van der Waals surface area contributed by atoms with Crippen molar-refractivity contribution in [1.29, 1.82) is 5.26 Å². The normalized spacial score (nSPS) is 21.2. The number of ether oxygens (including phenoxy) is 1. The average molecular weight is 470 g/mol. The number of carbonyl (C=O) groups excluding carboxylic acids is 1. The van der Waals surface area contributed by atoms with Gasteiger partial charge in [0, 0.05) is 36.9 Å². The number of fused-ring (bicyclic) bond motifs is 2. The number of methoxy groups -OCH3 is 1. The van der Waals surface area contributed by atoms with Crippen LogP contribution in [0.3, 0.4) is 0 Å². The molecule has 3 aromatic rings. The third kappa shape index (κ3) is 5.08. The molecule has 0 radical (unpaired) electrons. The molecule has 2 bridgehead atoms. The lowest BCUT2D eigenvalue weighted by Gasteiger charge is -2.39. The molecular weight excluding hydrogens is 442 g/mol. The minimum atomic E-state index is -0.436. The van der Waals surface area contributed by atoms with Crippen molar-refractivity contribution in [3.63, 3.8) is 0 Å². The maximum Gasteiger partial charge on any atom is 0.341 e. The Labute approximate surface area is 204 Å². The van der Waals surface area contributed by atoms with Crippen LogP contribution in [-0.2, 0) is 11.3 Å². The van der Waals surface area contributed by atoms with Crippen molar-refractivity contribution in [3.8, 4) is 6.07 Å². The number of nitriles is 1. The molecule has 2 saturated heterocycles. The van der Waals surface area contributed by atoms with Gasteiger partial charge in [-0.05, 0) is 31.2 Å². The van der Waals surface area contributed by atoms with Gasteiger partial charge in [0.15, 0.2) is 5.69 Å². The van der Waals surface area contributed by atoms with Crippen LogP contribution in [0.5, 0.6) is 0 Å². The average Bonchev–Trinajstić information content (AvgIpc) is 3.11. The molecule has 9 nitrogen and oxygen atoms in total. The van der Waals surface area contributed by atoms with Crippen LogP contribution >= 0.6 is 0 Å². The standard InChI is InChI=1S/C26H27N7O2/c1-35-26(34)22-14-30-24(32-25-15-28-19(12-27)13-29-25)11-23(22)31-18-9-20-7-8-21(10-18)33(20)16-17-5-3-2-4-6-17/h2-6,11,13-15,18,20-21H,7-10,16H2,1H3,(H2,29,30,31,32)/t18?,20-,21?/m1/s1. The number of piperidine rings is 1. The van der Waals surface area contributed by atoms with Crippen LogP contribution < -0.4 is 10.6 Å². The largest absolute Gasteiger partial charge is 0.465 e. The van der Waals surface area contributed by atoms with Gasteiger partial charge in [-0.3, -0.25) is 4.90 Å². The Morgan fingerprint density at radius 1 is 1.09 bits per heavy atom. The SMILES string of the molecule is COC(=O)c1cnc(Nc2cnc(C#N)cn2)cc1NC1CC2CC[C@H](C1)N2Cc1ccccc1. The molecule has 2 N–H and O–H groups in total. The summed E-state index contributed by atoms with van der Waals surface area (Å²) < 4.78 is 4.99. The van der Waals surface area contributed by atoms with E-state index in [1.165, 1.54) is 44.1 Å². The van der Waals surface area contributed by atoms with Crippen LogP contribution in [0.1, 0.15) is 47.3 Å². The predicted octanol–water partition coefficient (Wildman–Crippen LogP) is 3.88. The van der Waals surface area contributed by atoms with Gasteiger partial charge >= 0.3 is 5.97 Å². The van der Waals surface area contributed by atoms with Gasteiger partial charge in [-0.1, -0.05) is 30.3 Å². The first kappa shape index (κ1) is 22.7. The number of hydrogen-bond acceptors (Lipinski definition) is 9. The van der Waals surface area contributed by atoms with Gasteiger partial charge in [0.1, 0.15) is 23.3 Å². The second-order valence-electron chi connectivity index (χ2n) is 8.99. The molecule has 2 aliphatic heterocycles. The highest BCUT2D eigenvalue weighted by molar-refractivity contribution is 5.96. The fourth-order valence-electron chi connectivity index (χ4n) is 5.16. The quantitative estimate of drug-likeness (QED) is 0.497. The van der Waals surface area contributed by atoms with Crippen molar-refractivity contribution < 1.29 is 9.53 Å². The highest BCUT2D eigenvalue weighted by atomic mass is 16.5. The Kier molecular flexibility index (Phi) is 6.55. The lowest BCUT2D eigenvalue weighted by atomic mass is 9.96. The van der Waals surface area contributed by atoms with E-state index in [2.05, 4.69) is 60.8 Å². The number of pyridine rings is 1. The van der Waals surface area contributed by atoms with Crippen LogP contribution in [0, 0.1) is 11.3 Å². The zero-order valence-electron chi connectivity index (χ0n) is 19.5. The summed E-state index contributed by atoms with van der Waals surface area (Å²) in [5, 5.41) is 15.6. The topological polar surface area (TPSA) is 116 Å². The lowest BCUT2D eigenvalue weighted by Crippen LogP contribution is -2.46. The zero-order chi connectivity index (χ0) is 24.2. The molecule has 2 fully saturated rings. The van der Waals surface area contributed by atoms with E-state index >= 15 is 0 Å². The fraction of sp³-hybridized carbons (Fsp3) is 0.346. The molecule has 0 amide bonds. The summed E-state index contributed by atoms with van der Waals surface area (Å²) in [5.41, 5.74) is 2.65. The smallest absolute Gasteiger partial charge is 0.341 e. The summed E-state index contributed by atoms with van der Waals surface area (Å²) in [6.45, 7) is 0.977. The second-order valence-corrected chi connectivity index (χ2v) is 8.99. The third-order valence-corrected chi connectivity index (χ3v) is 6.78. The summed E-state index contributed by atoms with van der Waals surface area (Å²) in [5.74, 6) is 0.540. The molecule has 0 aliphatic carbocycles. The van der Waals surface area contributed by atoms with Crippen LogP contribution in [0.15, 0.2) is 55.0 Å². The Morgan fingerprint density at radius 3 is 2.49 bits per heavy atom. The van der Waals surface area contributed by atoms with E-state index in [1.54, 1.807) is 6.07 Å². The molecule has 4 heterocycles. The fourth-order valence-corrected chi connectivity index (χ4v) is 5.16. The molecule has 178 valence electrons. The summed E-state index contributed by atoms with van der Waals surface area (Å²) in [6.07, 6.45) is 8.78. The van der Waals surface area contributed by atoms with E-state index in [-0.39, 0.29) is 11.7 Å². The number of hydrogen-bond donors (Lipinski definition) is 2. The van der Waals surface area contributed by atoms with Crippen LogP contribution in [-0.4, -0.2) is 51.1 Å². The molecular formula is C26H27N7O2. The minimum Gasteiger partial charge on any atom is -0.465 e. The highest BCUT2D eigenvalue weighted by Crippen LogP contribution is 2.38. The monoisotopic (exact) mass is 469 g/mol. The number of esters is 1. The van der Waals surface area contributed by atoms with Crippen molar-refractivity contribution in [2.45, 2.75) is 50.4 Å². The highest BCUT2D eigenvalue weighted by Gasteiger charge is 2.40. The van der Waals surface area contributed by atoms with Gasteiger partial charge in [-0.2, -0.15) is 5.26 Å². The van der Waals surface area contributed by atoms with Crippen molar-refractivity contribution in [2.24, 2.45) is 0 Å². The number of carbonyl (C=O) groups is 1. The molecule has 5 rings (SSSR count). The minimum absolute atomic E-state index is 0.236. The van der Waals surface area contributed by atoms with E-state index in [4.69, 9.17) is 10.00 Å². The maximum absolute atomic E-state index is 12.4. The Hall–Kier alpha value is -4.03. The van der Waals surface area contributed by atoms with Gasteiger partial charge in [0.2, 0.25) is 0 Å². The first-order chi connectivity index (χ1) is 17.1. The van der Waals surface area contributed by atoms with Crippen LogP contribution in [0.4, 0.5) is 17.3 Å². The Morgan fingerprint density at radius 2 is 1.83 bits per heavy atom. The van der Waals surface area contributed by atoms with E-state index in [1.807, 2.05) is 6.07 Å². The molecule has 2 aliphatic rings. The van der Waals surface area contributed by atoms with Crippen molar-refractivity contribution in [2.75, 3.05) is 17.7 Å². The molecule has 35 heavy (non-hydrogen) atoms. The number of rotatable bonds is 7. The van der Waals surface area contributed by atoms with E-state index in [0.29, 0.717) is 35.0 Å². The van der Waals surface area contributed by atoms with Gasteiger partial charge in [0.25, 0.3) is 0 Å². The van der Waals surface area contributed by atoms with Gasteiger partial charge in [0.05, 0.1) is 25.2 Å². The second kappa shape index (κ2) is 10.1. The Bertz CT molecular complexity index is 1210.